The van der Waals surface area contributed by atoms with E-state index in [2.05, 4.69) is 5.32 Å². The van der Waals surface area contributed by atoms with Crippen LogP contribution in [0.25, 0.3) is 0 Å². The van der Waals surface area contributed by atoms with Gasteiger partial charge in [-0.1, -0.05) is 11.6 Å². The van der Waals surface area contributed by atoms with Gasteiger partial charge in [-0.15, -0.1) is 0 Å². The molecule has 0 radical (unpaired) electrons. The molecule has 1 fully saturated rings. The number of hydrogen-bond acceptors (Lipinski definition) is 6. The van der Waals surface area contributed by atoms with Crippen molar-refractivity contribution >= 4 is 17.3 Å². The summed E-state index contributed by atoms with van der Waals surface area (Å²) in [6, 6.07) is 9.89. The minimum absolute atomic E-state index is 0.0478. The number of nitrogens with zero attached hydrogens (tertiary/aromatic N) is 1. The molecular weight excluding hydrogens is 396 g/mol. The van der Waals surface area contributed by atoms with Gasteiger partial charge in [0, 0.05) is 42.9 Å². The van der Waals surface area contributed by atoms with Gasteiger partial charge in [0.15, 0.2) is 11.5 Å². The van der Waals surface area contributed by atoms with Gasteiger partial charge < -0.3 is 19.5 Å². The first kappa shape index (κ1) is 21.4. The van der Waals surface area contributed by atoms with Gasteiger partial charge in [0.2, 0.25) is 0 Å². The first-order valence-corrected chi connectivity index (χ1v) is 10.1. The summed E-state index contributed by atoms with van der Waals surface area (Å²) in [4.78, 5) is 10.3. The van der Waals surface area contributed by atoms with Gasteiger partial charge >= 0.3 is 0 Å². The predicted molar refractivity (Wildman–Crippen MR) is 111 cm³/mol. The van der Waals surface area contributed by atoms with Crippen molar-refractivity contribution < 1.29 is 19.1 Å². The van der Waals surface area contributed by atoms with Crippen molar-refractivity contribution in [3.8, 4) is 11.5 Å². The minimum Gasteiger partial charge on any atom is -0.490 e. The third-order valence-corrected chi connectivity index (χ3v) is 5.02. The standard InChI is InChI=1S/C21H25ClN2O5/c1-2-27-20-10-16(12-23-13-18-4-3-9-28-18)19(22)11-21(20)29-14-15-5-7-17(8-6-15)24(25)26/h5-8,10-11,18,23H,2-4,9,12-14H2,1H3. The van der Waals surface area contributed by atoms with E-state index < -0.39 is 4.92 Å². The monoisotopic (exact) mass is 420 g/mol. The van der Waals surface area contributed by atoms with Crippen LogP contribution < -0.4 is 14.8 Å². The van der Waals surface area contributed by atoms with Crippen LogP contribution in [-0.4, -0.2) is 30.8 Å². The van der Waals surface area contributed by atoms with Crippen LogP contribution in [0.1, 0.15) is 30.9 Å². The fraction of sp³-hybridized carbons (Fsp3) is 0.429. The summed E-state index contributed by atoms with van der Waals surface area (Å²) in [5.74, 6) is 1.16. The molecule has 1 N–H and O–H groups in total. The molecule has 29 heavy (non-hydrogen) atoms. The van der Waals surface area contributed by atoms with Gasteiger partial charge in [0.25, 0.3) is 5.69 Å². The van der Waals surface area contributed by atoms with Crippen LogP contribution in [0.5, 0.6) is 11.5 Å². The SMILES string of the molecule is CCOc1cc(CNCC2CCCO2)c(Cl)cc1OCc1ccc([N+](=O)[O-])cc1. The first-order valence-electron chi connectivity index (χ1n) is 9.70. The maximum absolute atomic E-state index is 10.8. The molecular formula is C21H25ClN2O5. The van der Waals surface area contributed by atoms with Crippen LogP contribution in [0.15, 0.2) is 36.4 Å². The molecule has 0 bridgehead atoms. The lowest BCUT2D eigenvalue weighted by Gasteiger charge is -2.16. The Morgan fingerprint density at radius 1 is 1.24 bits per heavy atom. The summed E-state index contributed by atoms with van der Waals surface area (Å²) < 4.78 is 17.2. The molecule has 1 atom stereocenters. The number of benzene rings is 2. The minimum atomic E-state index is -0.427. The molecule has 1 unspecified atom stereocenters. The van der Waals surface area contributed by atoms with Crippen LogP contribution in [-0.2, 0) is 17.9 Å². The Balaban J connectivity index is 1.63. The molecule has 3 rings (SSSR count). The molecule has 0 saturated carbocycles. The van der Waals surface area contributed by atoms with Crippen LogP contribution in [0, 0.1) is 10.1 Å². The average molecular weight is 421 g/mol. The molecule has 0 aromatic heterocycles. The zero-order valence-corrected chi connectivity index (χ0v) is 17.1. The van der Waals surface area contributed by atoms with E-state index >= 15 is 0 Å². The van der Waals surface area contributed by atoms with Gasteiger partial charge in [0.05, 0.1) is 17.6 Å². The maximum atomic E-state index is 10.8. The lowest BCUT2D eigenvalue weighted by atomic mass is 10.1. The molecule has 1 saturated heterocycles. The molecule has 0 aliphatic carbocycles. The Hall–Kier alpha value is -2.35. The number of halogens is 1. The number of ether oxygens (including phenoxy) is 3. The van der Waals surface area contributed by atoms with Gasteiger partial charge in [-0.2, -0.15) is 0 Å². The van der Waals surface area contributed by atoms with E-state index in [0.29, 0.717) is 29.7 Å². The molecule has 8 heteroatoms. The van der Waals surface area contributed by atoms with Crippen molar-refractivity contribution in [3.63, 3.8) is 0 Å². The Labute approximate surface area is 175 Å². The number of nitrogens with one attached hydrogen (secondary N) is 1. The zero-order valence-electron chi connectivity index (χ0n) is 16.4. The van der Waals surface area contributed by atoms with E-state index in [0.717, 1.165) is 37.1 Å². The lowest BCUT2D eigenvalue weighted by molar-refractivity contribution is -0.384. The largest absolute Gasteiger partial charge is 0.490 e. The third-order valence-electron chi connectivity index (χ3n) is 4.67. The average Bonchev–Trinajstić information content (AvgIpc) is 3.23. The summed E-state index contributed by atoms with van der Waals surface area (Å²) in [6.45, 7) is 4.90. The normalized spacial score (nSPS) is 16.0. The smallest absolute Gasteiger partial charge is 0.269 e. The second kappa shape index (κ2) is 10.4. The van der Waals surface area contributed by atoms with Gasteiger partial charge in [-0.05, 0) is 49.1 Å². The fourth-order valence-corrected chi connectivity index (χ4v) is 3.36. The molecule has 1 aliphatic heterocycles. The highest BCUT2D eigenvalue weighted by molar-refractivity contribution is 6.31. The molecule has 1 aliphatic rings. The van der Waals surface area contributed by atoms with Crippen LogP contribution in [0.4, 0.5) is 5.69 Å². The van der Waals surface area contributed by atoms with Crippen LogP contribution in [0.3, 0.4) is 0 Å². The molecule has 2 aromatic rings. The van der Waals surface area contributed by atoms with E-state index in [9.17, 15) is 10.1 Å². The second-order valence-corrected chi connectivity index (χ2v) is 7.21. The summed E-state index contributed by atoms with van der Waals surface area (Å²) in [5.41, 5.74) is 1.79. The predicted octanol–water partition coefficient (Wildman–Crippen LogP) is 4.49. The maximum Gasteiger partial charge on any atom is 0.269 e. The Morgan fingerprint density at radius 3 is 2.66 bits per heavy atom. The highest BCUT2D eigenvalue weighted by Crippen LogP contribution is 2.34. The number of non-ortho nitro benzene ring substituents is 1. The van der Waals surface area contributed by atoms with E-state index in [1.54, 1.807) is 18.2 Å². The summed E-state index contributed by atoms with van der Waals surface area (Å²) in [5, 5.41) is 14.7. The van der Waals surface area contributed by atoms with Crippen molar-refractivity contribution in [1.29, 1.82) is 0 Å². The molecule has 156 valence electrons. The van der Waals surface area contributed by atoms with Crippen molar-refractivity contribution in [3.05, 3.63) is 62.7 Å². The van der Waals surface area contributed by atoms with E-state index in [-0.39, 0.29) is 18.4 Å². The van der Waals surface area contributed by atoms with Crippen molar-refractivity contribution in [1.82, 2.24) is 5.32 Å². The summed E-state index contributed by atoms with van der Waals surface area (Å²) in [7, 11) is 0. The van der Waals surface area contributed by atoms with Gasteiger partial charge in [-0.25, -0.2) is 0 Å². The molecule has 1 heterocycles. The Bertz CT molecular complexity index is 823. The van der Waals surface area contributed by atoms with Crippen molar-refractivity contribution in [2.75, 3.05) is 19.8 Å². The summed E-state index contributed by atoms with van der Waals surface area (Å²) >= 11 is 6.45. The molecule has 7 nitrogen and oxygen atoms in total. The van der Waals surface area contributed by atoms with Crippen LogP contribution in [0.2, 0.25) is 5.02 Å². The quantitative estimate of drug-likeness (QED) is 0.450. The van der Waals surface area contributed by atoms with Gasteiger partial charge in [-0.3, -0.25) is 10.1 Å². The van der Waals surface area contributed by atoms with Gasteiger partial charge in [0.1, 0.15) is 6.61 Å². The van der Waals surface area contributed by atoms with Crippen LogP contribution >= 0.6 is 11.6 Å². The van der Waals surface area contributed by atoms with E-state index in [1.165, 1.54) is 12.1 Å². The molecule has 2 aromatic carbocycles. The van der Waals surface area contributed by atoms with E-state index in [4.69, 9.17) is 25.8 Å². The molecule has 0 amide bonds. The van der Waals surface area contributed by atoms with E-state index in [1.807, 2.05) is 13.0 Å². The third kappa shape index (κ3) is 6.06. The zero-order chi connectivity index (χ0) is 20.6. The Kier molecular flexibility index (Phi) is 7.69. The van der Waals surface area contributed by atoms with Crippen molar-refractivity contribution in [2.45, 2.75) is 39.0 Å². The Morgan fingerprint density at radius 2 is 2.00 bits per heavy atom. The second-order valence-electron chi connectivity index (χ2n) is 6.80. The number of rotatable bonds is 10. The first-order chi connectivity index (χ1) is 14.1. The number of nitro groups is 1. The highest BCUT2D eigenvalue weighted by Gasteiger charge is 2.16. The lowest BCUT2D eigenvalue weighted by Crippen LogP contribution is -2.25. The number of hydrogen-bond donors (Lipinski definition) is 1. The fourth-order valence-electron chi connectivity index (χ4n) is 3.14. The summed E-state index contributed by atoms with van der Waals surface area (Å²) in [6.07, 6.45) is 2.47. The molecule has 0 spiro atoms. The number of nitro benzene ring substituents is 1. The van der Waals surface area contributed by atoms with Crippen molar-refractivity contribution in [2.24, 2.45) is 0 Å². The topological polar surface area (TPSA) is 82.9 Å². The highest BCUT2D eigenvalue weighted by atomic mass is 35.5.